The molecule has 0 radical (unpaired) electrons. The first kappa shape index (κ1) is 25.3. The summed E-state index contributed by atoms with van der Waals surface area (Å²) in [5.41, 5.74) is 0.823. The van der Waals surface area contributed by atoms with Gasteiger partial charge in [0.25, 0.3) is 0 Å². The summed E-state index contributed by atoms with van der Waals surface area (Å²) < 4.78 is 51.8. The molecule has 1 aliphatic carbocycles. The molecule has 188 valence electrons. The Morgan fingerprint density at radius 3 is 2.31 bits per heavy atom. The maximum Gasteiger partial charge on any atom is 0.247 e. The van der Waals surface area contributed by atoms with Crippen LogP contribution in [-0.2, 0) is 23.2 Å². The monoisotopic (exact) mass is 517 g/mol. The van der Waals surface area contributed by atoms with E-state index in [2.05, 4.69) is 0 Å². The van der Waals surface area contributed by atoms with Crippen molar-refractivity contribution in [3.8, 4) is 23.0 Å². The van der Waals surface area contributed by atoms with Crippen LogP contribution in [0.25, 0.3) is 0 Å². The van der Waals surface area contributed by atoms with Crippen molar-refractivity contribution in [1.82, 2.24) is 4.31 Å². The predicted molar refractivity (Wildman–Crippen MR) is 136 cm³/mol. The molecular weight excluding hydrogens is 486 g/mol. The second kappa shape index (κ2) is 11.3. The van der Waals surface area contributed by atoms with Crippen LogP contribution in [0.1, 0.15) is 36.1 Å². The molecule has 0 saturated heterocycles. The fraction of sp³-hybridized carbons (Fsp3) is 0.385. The normalized spacial score (nSPS) is 14.3. The smallest absolute Gasteiger partial charge is 0.247 e. The zero-order valence-corrected chi connectivity index (χ0v) is 21.9. The minimum atomic E-state index is -3.88. The highest BCUT2D eigenvalue weighted by Crippen LogP contribution is 2.37. The Kier molecular flexibility index (Phi) is 8.20. The van der Waals surface area contributed by atoms with Gasteiger partial charge in [-0.1, -0.05) is 25.0 Å². The van der Waals surface area contributed by atoms with Crippen LogP contribution in [0, 0.1) is 0 Å². The Hall–Kier alpha value is -2.75. The van der Waals surface area contributed by atoms with Gasteiger partial charge in [-0.05, 0) is 54.1 Å². The molecule has 1 heterocycles. The zero-order chi connectivity index (χ0) is 24.8. The molecule has 9 heteroatoms. The lowest BCUT2D eigenvalue weighted by Crippen LogP contribution is -2.38. The lowest BCUT2D eigenvalue weighted by molar-refractivity contribution is 0.284. The SMILES string of the molecule is COc1ccc(OC)c(S(=O)(=O)N(Cc2ccc(OC)c(OCc3cccs3)c2)C2CCCC2)c1. The fourth-order valence-electron chi connectivity index (χ4n) is 4.37. The van der Waals surface area contributed by atoms with Crippen molar-refractivity contribution >= 4 is 21.4 Å². The highest BCUT2D eigenvalue weighted by molar-refractivity contribution is 7.89. The summed E-state index contributed by atoms with van der Waals surface area (Å²) in [7, 11) is 0.708. The molecule has 0 N–H and O–H groups in total. The topological polar surface area (TPSA) is 74.3 Å². The van der Waals surface area contributed by atoms with Crippen LogP contribution in [0.4, 0.5) is 0 Å². The largest absolute Gasteiger partial charge is 0.497 e. The highest BCUT2D eigenvalue weighted by atomic mass is 32.2. The van der Waals surface area contributed by atoms with E-state index in [0.29, 0.717) is 29.6 Å². The van der Waals surface area contributed by atoms with E-state index < -0.39 is 10.0 Å². The molecule has 4 rings (SSSR count). The third-order valence-electron chi connectivity index (χ3n) is 6.21. The Morgan fingerprint density at radius 2 is 1.66 bits per heavy atom. The quantitative estimate of drug-likeness (QED) is 0.335. The van der Waals surface area contributed by atoms with Gasteiger partial charge in [0.05, 0.1) is 21.3 Å². The maximum absolute atomic E-state index is 14.0. The Balaban J connectivity index is 1.67. The van der Waals surface area contributed by atoms with Crippen molar-refractivity contribution in [2.24, 2.45) is 0 Å². The lowest BCUT2D eigenvalue weighted by Gasteiger charge is -2.29. The first-order valence-electron chi connectivity index (χ1n) is 11.5. The molecule has 0 amide bonds. The van der Waals surface area contributed by atoms with E-state index in [0.717, 1.165) is 36.1 Å². The average Bonchev–Trinajstić information content (AvgIpc) is 3.60. The van der Waals surface area contributed by atoms with Gasteiger partial charge in [0.1, 0.15) is 23.0 Å². The summed E-state index contributed by atoms with van der Waals surface area (Å²) in [6.45, 7) is 0.635. The maximum atomic E-state index is 14.0. The molecule has 1 saturated carbocycles. The summed E-state index contributed by atoms with van der Waals surface area (Å²) in [5, 5.41) is 2.00. The van der Waals surface area contributed by atoms with E-state index in [-0.39, 0.29) is 17.5 Å². The molecule has 2 aromatic carbocycles. The van der Waals surface area contributed by atoms with E-state index in [1.807, 2.05) is 35.7 Å². The number of hydrogen-bond donors (Lipinski definition) is 0. The number of rotatable bonds is 11. The van der Waals surface area contributed by atoms with Crippen molar-refractivity contribution in [1.29, 1.82) is 0 Å². The van der Waals surface area contributed by atoms with Crippen molar-refractivity contribution in [3.05, 3.63) is 64.4 Å². The summed E-state index contributed by atoms with van der Waals surface area (Å²) in [6.07, 6.45) is 3.65. The number of hydrogen-bond acceptors (Lipinski definition) is 7. The van der Waals surface area contributed by atoms with Gasteiger partial charge in [-0.15, -0.1) is 11.3 Å². The number of methoxy groups -OCH3 is 3. The number of benzene rings is 2. The van der Waals surface area contributed by atoms with E-state index in [9.17, 15) is 8.42 Å². The summed E-state index contributed by atoms with van der Waals surface area (Å²) in [6, 6.07) is 14.3. The Bertz CT molecular complexity index is 1220. The minimum Gasteiger partial charge on any atom is -0.497 e. The number of ether oxygens (including phenoxy) is 4. The molecule has 1 aliphatic rings. The van der Waals surface area contributed by atoms with Gasteiger partial charge in [0.15, 0.2) is 11.5 Å². The van der Waals surface area contributed by atoms with E-state index in [1.165, 1.54) is 20.3 Å². The summed E-state index contributed by atoms with van der Waals surface area (Å²) >= 11 is 1.62. The first-order valence-corrected chi connectivity index (χ1v) is 13.8. The Labute approximate surface area is 211 Å². The van der Waals surface area contributed by atoms with Crippen LogP contribution in [-0.4, -0.2) is 40.1 Å². The van der Waals surface area contributed by atoms with Gasteiger partial charge < -0.3 is 18.9 Å². The molecule has 0 atom stereocenters. The van der Waals surface area contributed by atoms with Crippen LogP contribution in [0.2, 0.25) is 0 Å². The van der Waals surface area contributed by atoms with E-state index in [1.54, 1.807) is 34.9 Å². The summed E-state index contributed by atoms with van der Waals surface area (Å²) in [4.78, 5) is 1.20. The third kappa shape index (κ3) is 5.74. The molecule has 1 fully saturated rings. The molecule has 35 heavy (non-hydrogen) atoms. The lowest BCUT2D eigenvalue weighted by atomic mass is 10.1. The first-order chi connectivity index (χ1) is 17.0. The van der Waals surface area contributed by atoms with Crippen molar-refractivity contribution in [2.75, 3.05) is 21.3 Å². The minimum absolute atomic E-state index is 0.0894. The van der Waals surface area contributed by atoms with Gasteiger partial charge in [0, 0.05) is 23.5 Å². The third-order valence-corrected chi connectivity index (χ3v) is 8.98. The van der Waals surface area contributed by atoms with Gasteiger partial charge >= 0.3 is 0 Å². The van der Waals surface area contributed by atoms with Gasteiger partial charge in [-0.25, -0.2) is 8.42 Å². The molecule has 0 unspecified atom stereocenters. The number of sulfonamides is 1. The van der Waals surface area contributed by atoms with Crippen molar-refractivity contribution < 1.29 is 27.4 Å². The molecule has 7 nitrogen and oxygen atoms in total. The second-order valence-electron chi connectivity index (χ2n) is 8.36. The van der Waals surface area contributed by atoms with E-state index >= 15 is 0 Å². The molecule has 0 aliphatic heterocycles. The predicted octanol–water partition coefficient (Wildman–Crippen LogP) is 5.49. The van der Waals surface area contributed by atoms with Crippen molar-refractivity contribution in [2.45, 2.75) is 49.8 Å². The number of thiophene rings is 1. The van der Waals surface area contributed by atoms with Crippen LogP contribution in [0.15, 0.2) is 58.8 Å². The fourth-order valence-corrected chi connectivity index (χ4v) is 6.83. The molecular formula is C26H31NO6S2. The van der Waals surface area contributed by atoms with Crippen LogP contribution in [0.5, 0.6) is 23.0 Å². The van der Waals surface area contributed by atoms with Gasteiger partial charge in [-0.2, -0.15) is 4.31 Å². The van der Waals surface area contributed by atoms with Gasteiger partial charge in [0.2, 0.25) is 10.0 Å². The standard InChI is InChI=1S/C26H31NO6S2/c1-30-21-11-13-24(32-3)26(16-21)35(28,29)27(20-7-4-5-8-20)17-19-10-12-23(31-2)25(15-19)33-18-22-9-6-14-34-22/h6,9-16,20H,4-5,7-8,17-18H2,1-3H3. The average molecular weight is 518 g/mol. The zero-order valence-electron chi connectivity index (χ0n) is 20.2. The highest BCUT2D eigenvalue weighted by Gasteiger charge is 2.35. The second-order valence-corrected chi connectivity index (χ2v) is 11.2. The summed E-state index contributed by atoms with van der Waals surface area (Å²) in [5.74, 6) is 1.95. The van der Waals surface area contributed by atoms with Crippen LogP contribution >= 0.6 is 11.3 Å². The molecule has 0 spiro atoms. The molecule has 3 aromatic rings. The number of nitrogens with zero attached hydrogens (tertiary/aromatic N) is 1. The molecule has 1 aromatic heterocycles. The Morgan fingerprint density at radius 1 is 0.914 bits per heavy atom. The van der Waals surface area contributed by atoms with Crippen LogP contribution in [0.3, 0.4) is 0 Å². The van der Waals surface area contributed by atoms with Crippen molar-refractivity contribution in [3.63, 3.8) is 0 Å². The van der Waals surface area contributed by atoms with E-state index in [4.69, 9.17) is 18.9 Å². The van der Waals surface area contributed by atoms with Gasteiger partial charge in [-0.3, -0.25) is 0 Å². The molecule has 0 bridgehead atoms. The van der Waals surface area contributed by atoms with Crippen LogP contribution < -0.4 is 18.9 Å².